The fraction of sp³-hybridized carbons (Fsp3) is 0.333. The highest BCUT2D eigenvalue weighted by Gasteiger charge is 2.38. The summed E-state index contributed by atoms with van der Waals surface area (Å²) in [5.74, 6) is -0.403. The van der Waals surface area contributed by atoms with Gasteiger partial charge in [0.2, 0.25) is 5.91 Å². The quantitative estimate of drug-likeness (QED) is 0.928. The average Bonchev–Trinajstić information content (AvgIpc) is 3.09. The molecule has 0 spiro atoms. The first kappa shape index (κ1) is 16.6. The number of carbonyl (C=O) groups excluding carboxylic acids is 2. The van der Waals surface area contributed by atoms with Crippen molar-refractivity contribution in [1.29, 1.82) is 0 Å². The molecule has 1 aromatic heterocycles. The maximum Gasteiger partial charge on any atom is 0.263 e. The van der Waals surface area contributed by atoms with E-state index in [1.54, 1.807) is 12.1 Å². The van der Waals surface area contributed by atoms with E-state index in [1.807, 2.05) is 22.4 Å². The van der Waals surface area contributed by atoms with E-state index in [-0.39, 0.29) is 17.6 Å². The Labute approximate surface area is 144 Å². The number of benzene rings is 1. The van der Waals surface area contributed by atoms with Gasteiger partial charge in [0.25, 0.3) is 5.91 Å². The SMILES string of the molecule is CC(=O)NC1(c2ccc(F)cc2)CCN(C(=O)c2cccs2)CC1. The zero-order chi connectivity index (χ0) is 17.2. The molecule has 1 N–H and O–H groups in total. The third-order valence-corrected chi connectivity index (χ3v) is 5.31. The maximum absolute atomic E-state index is 13.2. The lowest BCUT2D eigenvalue weighted by atomic mass is 9.80. The molecule has 6 heteroatoms. The third-order valence-electron chi connectivity index (χ3n) is 4.45. The standard InChI is InChI=1S/C18H19FN2O2S/c1-13(22)20-18(14-4-6-15(19)7-5-14)8-10-21(11-9-18)17(23)16-3-2-12-24-16/h2-7,12H,8-11H2,1H3,(H,20,22). The molecular weight excluding hydrogens is 327 g/mol. The van der Waals surface area contributed by atoms with Crippen LogP contribution in [0.2, 0.25) is 0 Å². The number of nitrogens with one attached hydrogen (secondary N) is 1. The van der Waals surface area contributed by atoms with Crippen molar-refractivity contribution in [2.75, 3.05) is 13.1 Å². The summed E-state index contributed by atoms with van der Waals surface area (Å²) in [4.78, 5) is 26.7. The van der Waals surface area contributed by atoms with Crippen molar-refractivity contribution in [2.24, 2.45) is 0 Å². The van der Waals surface area contributed by atoms with Gasteiger partial charge in [-0.2, -0.15) is 0 Å². The normalized spacial score (nSPS) is 16.7. The number of likely N-dealkylation sites (tertiary alicyclic amines) is 1. The molecule has 3 rings (SSSR count). The first-order valence-electron chi connectivity index (χ1n) is 7.88. The molecule has 126 valence electrons. The van der Waals surface area contributed by atoms with Crippen LogP contribution in [-0.2, 0) is 10.3 Å². The van der Waals surface area contributed by atoms with Crippen LogP contribution in [0.25, 0.3) is 0 Å². The van der Waals surface area contributed by atoms with E-state index >= 15 is 0 Å². The van der Waals surface area contributed by atoms with Crippen LogP contribution < -0.4 is 5.32 Å². The number of rotatable bonds is 3. The van der Waals surface area contributed by atoms with E-state index in [2.05, 4.69) is 5.32 Å². The zero-order valence-corrected chi connectivity index (χ0v) is 14.2. The summed E-state index contributed by atoms with van der Waals surface area (Å²) in [7, 11) is 0. The highest BCUT2D eigenvalue weighted by atomic mass is 32.1. The Morgan fingerprint density at radius 1 is 1.17 bits per heavy atom. The van der Waals surface area contributed by atoms with Crippen molar-refractivity contribution in [3.05, 3.63) is 58.0 Å². The second kappa shape index (κ2) is 6.73. The van der Waals surface area contributed by atoms with E-state index in [4.69, 9.17) is 0 Å². The van der Waals surface area contributed by atoms with Crippen molar-refractivity contribution < 1.29 is 14.0 Å². The van der Waals surface area contributed by atoms with Gasteiger partial charge in [-0.1, -0.05) is 18.2 Å². The maximum atomic E-state index is 13.2. The van der Waals surface area contributed by atoms with E-state index < -0.39 is 5.54 Å². The molecule has 1 aromatic carbocycles. The topological polar surface area (TPSA) is 49.4 Å². The van der Waals surface area contributed by atoms with E-state index in [0.717, 1.165) is 10.4 Å². The highest BCUT2D eigenvalue weighted by molar-refractivity contribution is 7.12. The molecule has 0 radical (unpaired) electrons. The molecule has 0 saturated carbocycles. The third kappa shape index (κ3) is 3.33. The lowest BCUT2D eigenvalue weighted by molar-refractivity contribution is -0.121. The van der Waals surface area contributed by atoms with Gasteiger partial charge < -0.3 is 10.2 Å². The van der Waals surface area contributed by atoms with Gasteiger partial charge in [0, 0.05) is 20.0 Å². The Morgan fingerprint density at radius 3 is 2.38 bits per heavy atom. The lowest BCUT2D eigenvalue weighted by Crippen LogP contribution is -2.53. The average molecular weight is 346 g/mol. The Hall–Kier alpha value is -2.21. The van der Waals surface area contributed by atoms with Crippen molar-refractivity contribution in [3.8, 4) is 0 Å². The van der Waals surface area contributed by atoms with Crippen LogP contribution in [0.5, 0.6) is 0 Å². The lowest BCUT2D eigenvalue weighted by Gasteiger charge is -2.42. The summed E-state index contributed by atoms with van der Waals surface area (Å²) < 4.78 is 13.2. The van der Waals surface area contributed by atoms with Crippen molar-refractivity contribution >= 4 is 23.2 Å². The van der Waals surface area contributed by atoms with E-state index in [0.29, 0.717) is 25.9 Å². The number of hydrogen-bond donors (Lipinski definition) is 1. The molecular formula is C18H19FN2O2S. The Balaban J connectivity index is 1.79. The van der Waals surface area contributed by atoms with E-state index in [9.17, 15) is 14.0 Å². The first-order chi connectivity index (χ1) is 11.5. The van der Waals surface area contributed by atoms with Crippen LogP contribution in [0, 0.1) is 5.82 Å². The van der Waals surface area contributed by atoms with Crippen LogP contribution in [0.3, 0.4) is 0 Å². The monoisotopic (exact) mass is 346 g/mol. The minimum Gasteiger partial charge on any atom is -0.347 e. The van der Waals surface area contributed by atoms with Gasteiger partial charge in [-0.25, -0.2) is 4.39 Å². The number of piperidine rings is 1. The van der Waals surface area contributed by atoms with Gasteiger partial charge in [-0.15, -0.1) is 11.3 Å². The molecule has 1 fully saturated rings. The number of thiophene rings is 1. The molecule has 1 saturated heterocycles. The first-order valence-corrected chi connectivity index (χ1v) is 8.76. The predicted molar refractivity (Wildman–Crippen MR) is 91.4 cm³/mol. The van der Waals surface area contributed by atoms with Gasteiger partial charge in [-0.3, -0.25) is 9.59 Å². The van der Waals surface area contributed by atoms with Gasteiger partial charge in [0.1, 0.15) is 5.82 Å². The smallest absolute Gasteiger partial charge is 0.263 e. The number of carbonyl (C=O) groups is 2. The number of amides is 2. The van der Waals surface area contributed by atoms with Gasteiger partial charge in [-0.05, 0) is 42.0 Å². The predicted octanol–water partition coefficient (Wildman–Crippen LogP) is 3.15. The minimum absolute atomic E-state index is 0.0283. The molecule has 2 amide bonds. The Bertz CT molecular complexity index is 720. The van der Waals surface area contributed by atoms with Crippen molar-refractivity contribution in [3.63, 3.8) is 0 Å². The van der Waals surface area contributed by atoms with Gasteiger partial charge in [0.05, 0.1) is 10.4 Å². The number of nitrogens with zero attached hydrogens (tertiary/aromatic N) is 1. The summed E-state index contributed by atoms with van der Waals surface area (Å²) >= 11 is 1.43. The van der Waals surface area contributed by atoms with Crippen LogP contribution in [-0.4, -0.2) is 29.8 Å². The molecule has 0 aliphatic carbocycles. The summed E-state index contributed by atoms with van der Waals surface area (Å²) in [6.07, 6.45) is 1.21. The zero-order valence-electron chi connectivity index (χ0n) is 13.4. The Kier molecular flexibility index (Phi) is 4.66. The fourth-order valence-electron chi connectivity index (χ4n) is 3.24. The molecule has 4 nitrogen and oxygen atoms in total. The molecule has 2 heterocycles. The molecule has 0 atom stereocenters. The molecule has 0 bridgehead atoms. The second-order valence-corrected chi connectivity index (χ2v) is 6.99. The van der Waals surface area contributed by atoms with Gasteiger partial charge in [0.15, 0.2) is 0 Å². The largest absolute Gasteiger partial charge is 0.347 e. The minimum atomic E-state index is -0.550. The number of halogens is 1. The van der Waals surface area contributed by atoms with Crippen LogP contribution >= 0.6 is 11.3 Å². The molecule has 1 aliphatic rings. The summed E-state index contributed by atoms with van der Waals surface area (Å²) in [6.45, 7) is 2.58. The fourth-order valence-corrected chi connectivity index (χ4v) is 3.93. The molecule has 1 aliphatic heterocycles. The molecule has 2 aromatic rings. The van der Waals surface area contributed by atoms with E-state index in [1.165, 1.54) is 30.4 Å². The highest BCUT2D eigenvalue weighted by Crippen LogP contribution is 2.34. The summed E-state index contributed by atoms with van der Waals surface area (Å²) in [5, 5.41) is 4.91. The second-order valence-electron chi connectivity index (χ2n) is 6.04. The Morgan fingerprint density at radius 2 is 1.83 bits per heavy atom. The summed E-state index contributed by atoms with van der Waals surface area (Å²) in [6, 6.07) is 9.92. The van der Waals surface area contributed by atoms with Crippen molar-refractivity contribution in [1.82, 2.24) is 10.2 Å². The summed E-state index contributed by atoms with van der Waals surface area (Å²) in [5.41, 5.74) is 0.327. The van der Waals surface area contributed by atoms with Crippen LogP contribution in [0.15, 0.2) is 41.8 Å². The number of hydrogen-bond acceptors (Lipinski definition) is 3. The van der Waals surface area contributed by atoms with Crippen LogP contribution in [0.1, 0.15) is 35.0 Å². The molecule has 0 unspecified atom stereocenters. The van der Waals surface area contributed by atoms with Crippen molar-refractivity contribution in [2.45, 2.75) is 25.3 Å². The van der Waals surface area contributed by atoms with Gasteiger partial charge >= 0.3 is 0 Å². The van der Waals surface area contributed by atoms with Crippen LogP contribution in [0.4, 0.5) is 4.39 Å². The molecule has 24 heavy (non-hydrogen) atoms.